The highest BCUT2D eigenvalue weighted by molar-refractivity contribution is 5.70. The van der Waals surface area contributed by atoms with Crippen LogP contribution in [0.15, 0.2) is 4.79 Å². The summed E-state index contributed by atoms with van der Waals surface area (Å²) in [5.41, 5.74) is 1.33. The van der Waals surface area contributed by atoms with E-state index >= 15 is 0 Å². The van der Waals surface area contributed by atoms with Gasteiger partial charge in [-0.25, -0.2) is 4.79 Å². The third-order valence-corrected chi connectivity index (χ3v) is 2.88. The zero-order valence-corrected chi connectivity index (χ0v) is 11.1. The molecule has 0 fully saturated rings. The van der Waals surface area contributed by atoms with Crippen LogP contribution in [-0.4, -0.2) is 34.3 Å². The fourth-order valence-electron chi connectivity index (χ4n) is 2.06. The molecule has 0 aromatic carbocycles. The zero-order valence-electron chi connectivity index (χ0n) is 11.1. The molecule has 6 heteroatoms. The largest absolute Gasteiger partial charge is 0.481 e. The molecule has 1 N–H and O–H groups in total. The quantitative estimate of drug-likeness (QED) is 0.836. The molecule has 0 spiro atoms. The van der Waals surface area contributed by atoms with Crippen molar-refractivity contribution in [1.82, 2.24) is 9.55 Å². The molecule has 0 radical (unpaired) electrons. The van der Waals surface area contributed by atoms with Gasteiger partial charge in [0, 0.05) is 24.1 Å². The van der Waals surface area contributed by atoms with Gasteiger partial charge in [0.15, 0.2) is 0 Å². The van der Waals surface area contributed by atoms with Crippen LogP contribution in [0.4, 0.5) is 0 Å². The zero-order chi connectivity index (χ0) is 13.9. The summed E-state index contributed by atoms with van der Waals surface area (Å²) in [6, 6.07) is -0.178. The number of nitrogens with zero attached hydrogens (tertiary/aromatic N) is 2. The van der Waals surface area contributed by atoms with E-state index in [2.05, 4.69) is 4.98 Å². The Morgan fingerprint density at radius 2 is 2.11 bits per heavy atom. The Bertz CT molecular complexity index is 508. The number of hydrogen-bond acceptors (Lipinski definition) is 4. The van der Waals surface area contributed by atoms with Gasteiger partial charge < -0.3 is 9.84 Å². The highest BCUT2D eigenvalue weighted by Crippen LogP contribution is 2.14. The maximum absolute atomic E-state index is 11.9. The molecular formula is C12H18N2O4. The van der Waals surface area contributed by atoms with Gasteiger partial charge >= 0.3 is 11.7 Å². The van der Waals surface area contributed by atoms with Crippen LogP contribution in [0.5, 0.6) is 0 Å². The first-order chi connectivity index (χ1) is 8.38. The predicted molar refractivity (Wildman–Crippen MR) is 65.9 cm³/mol. The van der Waals surface area contributed by atoms with Crippen molar-refractivity contribution in [3.8, 4) is 0 Å². The van der Waals surface area contributed by atoms with Crippen LogP contribution in [0.2, 0.25) is 0 Å². The smallest absolute Gasteiger partial charge is 0.348 e. The molecule has 6 nitrogen and oxygen atoms in total. The SMILES string of the molecule is COCC(C)n1c(C)c(CC(=O)O)c(C)nc1=O. The van der Waals surface area contributed by atoms with Crippen molar-refractivity contribution in [2.75, 3.05) is 13.7 Å². The number of hydrogen-bond donors (Lipinski definition) is 1. The molecule has 1 aromatic rings. The molecule has 1 rings (SSSR count). The fraction of sp³-hybridized carbons (Fsp3) is 0.583. The molecule has 0 saturated heterocycles. The summed E-state index contributed by atoms with van der Waals surface area (Å²) >= 11 is 0. The minimum atomic E-state index is -0.937. The molecule has 0 aliphatic carbocycles. The van der Waals surface area contributed by atoms with E-state index in [-0.39, 0.29) is 18.2 Å². The second-order valence-electron chi connectivity index (χ2n) is 4.29. The molecule has 0 aliphatic rings. The normalized spacial score (nSPS) is 12.4. The average molecular weight is 254 g/mol. The lowest BCUT2D eigenvalue weighted by Gasteiger charge is -2.19. The van der Waals surface area contributed by atoms with Gasteiger partial charge in [0.05, 0.1) is 19.1 Å². The van der Waals surface area contributed by atoms with E-state index in [0.29, 0.717) is 23.6 Å². The highest BCUT2D eigenvalue weighted by Gasteiger charge is 2.17. The van der Waals surface area contributed by atoms with Crippen molar-refractivity contribution >= 4 is 5.97 Å². The molecule has 1 heterocycles. The molecule has 1 aromatic heterocycles. The summed E-state index contributed by atoms with van der Waals surface area (Å²) in [5.74, 6) is -0.937. The number of ether oxygens (including phenoxy) is 1. The van der Waals surface area contributed by atoms with Crippen LogP contribution < -0.4 is 5.69 Å². The molecule has 0 amide bonds. The van der Waals surface area contributed by atoms with Gasteiger partial charge in [-0.2, -0.15) is 4.98 Å². The van der Waals surface area contributed by atoms with Gasteiger partial charge in [-0.15, -0.1) is 0 Å². The molecule has 0 saturated carbocycles. The van der Waals surface area contributed by atoms with E-state index in [1.165, 1.54) is 4.57 Å². The summed E-state index contributed by atoms with van der Waals surface area (Å²) in [7, 11) is 1.55. The molecule has 0 bridgehead atoms. The number of aliphatic carboxylic acids is 1. The molecule has 100 valence electrons. The summed E-state index contributed by atoms with van der Waals surface area (Å²) in [6.45, 7) is 5.59. The first-order valence-corrected chi connectivity index (χ1v) is 5.67. The van der Waals surface area contributed by atoms with E-state index in [9.17, 15) is 9.59 Å². The topological polar surface area (TPSA) is 81.4 Å². The Morgan fingerprint density at radius 1 is 1.50 bits per heavy atom. The van der Waals surface area contributed by atoms with E-state index in [0.717, 1.165) is 0 Å². The first-order valence-electron chi connectivity index (χ1n) is 5.67. The second-order valence-corrected chi connectivity index (χ2v) is 4.29. The van der Waals surface area contributed by atoms with Crippen LogP contribution in [0.1, 0.15) is 29.9 Å². The highest BCUT2D eigenvalue weighted by atomic mass is 16.5. The van der Waals surface area contributed by atoms with Crippen molar-refractivity contribution in [3.05, 3.63) is 27.4 Å². The van der Waals surface area contributed by atoms with Gasteiger partial charge in [0.25, 0.3) is 0 Å². The third kappa shape index (κ3) is 2.95. The minimum Gasteiger partial charge on any atom is -0.481 e. The Hall–Kier alpha value is -1.69. The Balaban J connectivity index is 3.35. The second kappa shape index (κ2) is 5.77. The van der Waals surface area contributed by atoms with Crippen molar-refractivity contribution in [1.29, 1.82) is 0 Å². The van der Waals surface area contributed by atoms with E-state index in [4.69, 9.17) is 9.84 Å². The lowest BCUT2D eigenvalue weighted by Crippen LogP contribution is -2.32. The number of carboxylic acid groups (broad SMARTS) is 1. The molecule has 1 unspecified atom stereocenters. The Labute approximate surface area is 105 Å². The Morgan fingerprint density at radius 3 is 2.61 bits per heavy atom. The lowest BCUT2D eigenvalue weighted by molar-refractivity contribution is -0.136. The van der Waals surface area contributed by atoms with Crippen molar-refractivity contribution in [2.45, 2.75) is 33.2 Å². The van der Waals surface area contributed by atoms with Gasteiger partial charge in [-0.3, -0.25) is 9.36 Å². The summed E-state index contributed by atoms with van der Waals surface area (Å²) in [5, 5.41) is 8.88. The average Bonchev–Trinajstić information content (AvgIpc) is 2.24. The fourth-order valence-corrected chi connectivity index (χ4v) is 2.06. The van der Waals surface area contributed by atoms with Crippen molar-refractivity contribution < 1.29 is 14.6 Å². The van der Waals surface area contributed by atoms with E-state index < -0.39 is 5.97 Å². The van der Waals surface area contributed by atoms with Gasteiger partial charge in [0.2, 0.25) is 0 Å². The number of methoxy groups -OCH3 is 1. The monoisotopic (exact) mass is 254 g/mol. The Kier molecular flexibility index (Phi) is 4.61. The predicted octanol–water partition coefficient (Wildman–Crippen LogP) is 0.695. The number of aryl methyl sites for hydroxylation is 1. The van der Waals surface area contributed by atoms with Gasteiger partial charge in [-0.05, 0) is 20.8 Å². The van der Waals surface area contributed by atoms with Crippen LogP contribution in [0, 0.1) is 13.8 Å². The number of carboxylic acids is 1. The van der Waals surface area contributed by atoms with Crippen LogP contribution in [0.3, 0.4) is 0 Å². The molecule has 1 atom stereocenters. The standard InChI is InChI=1S/C12H18N2O4/c1-7(6-18-4)14-9(3)10(5-11(15)16)8(2)13-12(14)17/h7H,5-6H2,1-4H3,(H,15,16). The maximum Gasteiger partial charge on any atom is 0.348 e. The lowest BCUT2D eigenvalue weighted by atomic mass is 10.1. The first kappa shape index (κ1) is 14.4. The van der Waals surface area contributed by atoms with Crippen LogP contribution >= 0.6 is 0 Å². The summed E-state index contributed by atoms with van der Waals surface area (Å²) in [4.78, 5) is 26.6. The van der Waals surface area contributed by atoms with Crippen LogP contribution in [-0.2, 0) is 16.0 Å². The summed E-state index contributed by atoms with van der Waals surface area (Å²) < 4.78 is 6.50. The molecule has 0 aliphatic heterocycles. The third-order valence-electron chi connectivity index (χ3n) is 2.88. The maximum atomic E-state index is 11.9. The minimum absolute atomic E-state index is 0.134. The van der Waals surface area contributed by atoms with Gasteiger partial charge in [-0.1, -0.05) is 0 Å². The molecular weight excluding hydrogens is 236 g/mol. The van der Waals surface area contributed by atoms with E-state index in [1.54, 1.807) is 21.0 Å². The van der Waals surface area contributed by atoms with Crippen LogP contribution in [0.25, 0.3) is 0 Å². The van der Waals surface area contributed by atoms with E-state index in [1.807, 2.05) is 6.92 Å². The number of carbonyl (C=O) groups is 1. The number of aromatic nitrogens is 2. The number of rotatable bonds is 5. The van der Waals surface area contributed by atoms with Gasteiger partial charge in [0.1, 0.15) is 0 Å². The van der Waals surface area contributed by atoms with Crippen molar-refractivity contribution in [2.24, 2.45) is 0 Å². The summed E-state index contributed by atoms with van der Waals surface area (Å²) in [6.07, 6.45) is -0.134. The van der Waals surface area contributed by atoms with Crippen molar-refractivity contribution in [3.63, 3.8) is 0 Å². The molecule has 18 heavy (non-hydrogen) atoms.